The summed E-state index contributed by atoms with van der Waals surface area (Å²) in [4.78, 5) is 30.8. The summed E-state index contributed by atoms with van der Waals surface area (Å²) in [6, 6.07) is 1.93. The Morgan fingerprint density at radius 2 is 2.00 bits per heavy atom. The maximum absolute atomic E-state index is 10.9. The molecule has 1 N–H and O–H groups in total. The lowest BCUT2D eigenvalue weighted by Gasteiger charge is -2.22. The van der Waals surface area contributed by atoms with Gasteiger partial charge in [0.1, 0.15) is 0 Å². The predicted molar refractivity (Wildman–Crippen MR) is 60.1 cm³/mol. The Kier molecular flexibility index (Phi) is 3.03. The molecule has 1 aliphatic rings. The molecule has 0 fully saturated rings. The molecular formula is C10H8N2O7. The molecule has 0 saturated carbocycles. The zero-order chi connectivity index (χ0) is 14.2. The summed E-state index contributed by atoms with van der Waals surface area (Å²) >= 11 is 0. The highest BCUT2D eigenvalue weighted by atomic mass is 16.6. The van der Waals surface area contributed by atoms with Gasteiger partial charge in [0.05, 0.1) is 15.9 Å². The molecule has 9 nitrogen and oxygen atoms in total. The minimum atomic E-state index is -1.22. The molecule has 1 heterocycles. The highest BCUT2D eigenvalue weighted by molar-refractivity contribution is 5.74. The van der Waals surface area contributed by atoms with Gasteiger partial charge >= 0.3 is 11.7 Å². The van der Waals surface area contributed by atoms with Crippen molar-refractivity contribution in [2.75, 3.05) is 0 Å². The summed E-state index contributed by atoms with van der Waals surface area (Å²) in [6.07, 6.45) is -0.886. The number of hydrogen-bond acceptors (Lipinski definition) is 6. The summed E-state index contributed by atoms with van der Waals surface area (Å²) in [7, 11) is 0. The van der Waals surface area contributed by atoms with Gasteiger partial charge in [0.2, 0.25) is 5.75 Å². The number of rotatable bonds is 3. The largest absolute Gasteiger partial charge is 0.479 e. The SMILES string of the molecule is O=C(O)C1CCc2cc([N+](=O)[O-])cc([N+](=O)[O-])c2O1. The van der Waals surface area contributed by atoms with Crippen LogP contribution in [0, 0.1) is 20.2 Å². The van der Waals surface area contributed by atoms with Crippen molar-refractivity contribution in [1.82, 2.24) is 0 Å². The second-order valence-corrected chi connectivity index (χ2v) is 3.95. The molecule has 1 atom stereocenters. The Balaban J connectivity index is 2.53. The number of hydrogen-bond donors (Lipinski definition) is 1. The van der Waals surface area contributed by atoms with E-state index in [1.165, 1.54) is 6.07 Å². The number of carboxylic acid groups (broad SMARTS) is 1. The zero-order valence-electron chi connectivity index (χ0n) is 9.44. The number of fused-ring (bicyclic) bond motifs is 1. The first-order valence-electron chi connectivity index (χ1n) is 5.25. The summed E-state index contributed by atoms with van der Waals surface area (Å²) in [5.41, 5.74) is -0.726. The fraction of sp³-hybridized carbons (Fsp3) is 0.300. The lowest BCUT2D eigenvalue weighted by Crippen LogP contribution is -2.31. The molecule has 0 amide bonds. The van der Waals surface area contributed by atoms with Gasteiger partial charge in [-0.05, 0) is 12.8 Å². The van der Waals surface area contributed by atoms with Crippen molar-refractivity contribution < 1.29 is 24.5 Å². The van der Waals surface area contributed by atoms with E-state index >= 15 is 0 Å². The van der Waals surface area contributed by atoms with Crippen molar-refractivity contribution in [2.24, 2.45) is 0 Å². The van der Waals surface area contributed by atoms with E-state index in [1.54, 1.807) is 0 Å². The van der Waals surface area contributed by atoms with Gasteiger partial charge in [-0.3, -0.25) is 20.2 Å². The van der Waals surface area contributed by atoms with E-state index < -0.39 is 33.3 Å². The smallest absolute Gasteiger partial charge is 0.344 e. The van der Waals surface area contributed by atoms with Crippen molar-refractivity contribution in [3.05, 3.63) is 37.9 Å². The van der Waals surface area contributed by atoms with Crippen LogP contribution in [0.25, 0.3) is 0 Å². The molecule has 9 heteroatoms. The number of aryl methyl sites for hydroxylation is 1. The average molecular weight is 268 g/mol. The molecule has 0 spiro atoms. The molecule has 19 heavy (non-hydrogen) atoms. The fourth-order valence-electron chi connectivity index (χ4n) is 1.88. The molecule has 1 aromatic rings. The van der Waals surface area contributed by atoms with E-state index in [0.29, 0.717) is 0 Å². The number of ether oxygens (including phenoxy) is 1. The monoisotopic (exact) mass is 268 g/mol. The predicted octanol–water partition coefficient (Wildman–Crippen LogP) is 1.28. The van der Waals surface area contributed by atoms with Crippen LogP contribution in [0.2, 0.25) is 0 Å². The van der Waals surface area contributed by atoms with Gasteiger partial charge in [0, 0.05) is 11.6 Å². The number of non-ortho nitro benzene ring substituents is 1. The number of nitro groups is 2. The molecule has 0 radical (unpaired) electrons. The Morgan fingerprint density at radius 1 is 1.32 bits per heavy atom. The number of benzene rings is 1. The minimum Gasteiger partial charge on any atom is -0.479 e. The van der Waals surface area contributed by atoms with Gasteiger partial charge in [-0.25, -0.2) is 4.79 Å². The van der Waals surface area contributed by atoms with Crippen molar-refractivity contribution in [1.29, 1.82) is 0 Å². The van der Waals surface area contributed by atoms with Crippen molar-refractivity contribution in [3.63, 3.8) is 0 Å². The molecule has 1 aliphatic heterocycles. The highest BCUT2D eigenvalue weighted by Gasteiger charge is 2.33. The van der Waals surface area contributed by atoms with Gasteiger partial charge in [-0.1, -0.05) is 0 Å². The second-order valence-electron chi connectivity index (χ2n) is 3.95. The van der Waals surface area contributed by atoms with Gasteiger partial charge in [0.25, 0.3) is 5.69 Å². The van der Waals surface area contributed by atoms with Crippen molar-refractivity contribution >= 4 is 17.3 Å². The van der Waals surface area contributed by atoms with Gasteiger partial charge in [0.15, 0.2) is 6.10 Å². The second kappa shape index (κ2) is 4.52. The molecule has 0 saturated heterocycles. The van der Waals surface area contributed by atoms with Crippen LogP contribution in [0.5, 0.6) is 5.75 Å². The first-order chi connectivity index (χ1) is 8.90. The fourth-order valence-corrected chi connectivity index (χ4v) is 1.88. The van der Waals surface area contributed by atoms with Crippen LogP contribution in [0.1, 0.15) is 12.0 Å². The maximum atomic E-state index is 10.9. The topological polar surface area (TPSA) is 133 Å². The average Bonchev–Trinajstić information content (AvgIpc) is 2.36. The number of aliphatic carboxylic acids is 1. The molecule has 100 valence electrons. The molecule has 2 rings (SSSR count). The minimum absolute atomic E-state index is 0.112. The first kappa shape index (κ1) is 12.7. The molecular weight excluding hydrogens is 260 g/mol. The van der Waals surface area contributed by atoms with Gasteiger partial charge in [-0.15, -0.1) is 0 Å². The number of nitro benzene ring substituents is 2. The van der Waals surface area contributed by atoms with Gasteiger partial charge in [-0.2, -0.15) is 0 Å². The normalized spacial score (nSPS) is 17.2. The van der Waals surface area contributed by atoms with E-state index in [2.05, 4.69) is 0 Å². The maximum Gasteiger partial charge on any atom is 0.344 e. The summed E-state index contributed by atoms with van der Waals surface area (Å²) in [5.74, 6) is -1.42. The zero-order valence-corrected chi connectivity index (χ0v) is 9.44. The lowest BCUT2D eigenvalue weighted by atomic mass is 10.0. The van der Waals surface area contributed by atoms with E-state index in [0.717, 1.165) is 6.07 Å². The molecule has 1 aromatic carbocycles. The van der Waals surface area contributed by atoms with Crippen LogP contribution in [0.4, 0.5) is 11.4 Å². The summed E-state index contributed by atoms with van der Waals surface area (Å²) in [6.45, 7) is 0. The van der Waals surface area contributed by atoms with Crippen LogP contribution >= 0.6 is 0 Å². The quantitative estimate of drug-likeness (QED) is 0.644. The van der Waals surface area contributed by atoms with E-state index in [1.807, 2.05) is 0 Å². The van der Waals surface area contributed by atoms with E-state index in [-0.39, 0.29) is 24.2 Å². The Labute approximate surface area is 105 Å². The molecule has 1 unspecified atom stereocenters. The molecule has 0 bridgehead atoms. The molecule has 0 aromatic heterocycles. The summed E-state index contributed by atoms with van der Waals surface area (Å²) < 4.78 is 5.06. The Hall–Kier alpha value is -2.71. The molecule has 0 aliphatic carbocycles. The van der Waals surface area contributed by atoms with Crippen molar-refractivity contribution in [3.8, 4) is 5.75 Å². The third-order valence-corrected chi connectivity index (χ3v) is 2.75. The number of carboxylic acids is 1. The lowest BCUT2D eigenvalue weighted by molar-refractivity contribution is -0.395. The van der Waals surface area contributed by atoms with Crippen LogP contribution in [-0.4, -0.2) is 27.0 Å². The van der Waals surface area contributed by atoms with Crippen LogP contribution in [-0.2, 0) is 11.2 Å². The third-order valence-electron chi connectivity index (χ3n) is 2.75. The Morgan fingerprint density at radius 3 is 2.53 bits per heavy atom. The van der Waals surface area contributed by atoms with E-state index in [9.17, 15) is 25.0 Å². The standard InChI is InChI=1S/C10H8N2O7/c13-10(14)8-2-1-5-3-6(11(15)16)4-7(12(17)18)9(5)19-8/h3-4,8H,1-2H2,(H,13,14). The number of nitrogens with zero attached hydrogens (tertiary/aromatic N) is 2. The van der Waals surface area contributed by atoms with Crippen LogP contribution in [0.3, 0.4) is 0 Å². The number of carbonyl (C=O) groups is 1. The summed E-state index contributed by atoms with van der Waals surface area (Å²) in [5, 5.41) is 30.4. The van der Waals surface area contributed by atoms with Gasteiger partial charge < -0.3 is 9.84 Å². The first-order valence-corrected chi connectivity index (χ1v) is 5.25. The van der Waals surface area contributed by atoms with E-state index in [4.69, 9.17) is 9.84 Å². The highest BCUT2D eigenvalue weighted by Crippen LogP contribution is 2.39. The third kappa shape index (κ3) is 2.30. The Bertz CT molecular complexity index is 583. The van der Waals surface area contributed by atoms with Crippen LogP contribution in [0.15, 0.2) is 12.1 Å². The van der Waals surface area contributed by atoms with Crippen LogP contribution < -0.4 is 4.74 Å². The van der Waals surface area contributed by atoms with Crippen molar-refractivity contribution in [2.45, 2.75) is 18.9 Å².